The van der Waals surface area contributed by atoms with Gasteiger partial charge in [0.1, 0.15) is 23.5 Å². The fraction of sp³-hybridized carbons (Fsp3) is 0.235. The Morgan fingerprint density at radius 2 is 1.96 bits per heavy atom. The average molecular weight is 368 g/mol. The van der Waals surface area contributed by atoms with Crippen molar-refractivity contribution in [2.75, 3.05) is 19.8 Å². The molecule has 0 unspecified atom stereocenters. The molecule has 0 fully saturated rings. The SMILES string of the molecule is O=C(COc1cccc(Cl)c1Cl)NC[C@H]1COc2ccccc2O1. The zero-order valence-electron chi connectivity index (χ0n) is 12.6. The summed E-state index contributed by atoms with van der Waals surface area (Å²) in [5.74, 6) is 1.46. The van der Waals surface area contributed by atoms with Crippen molar-refractivity contribution in [1.82, 2.24) is 5.32 Å². The van der Waals surface area contributed by atoms with Crippen molar-refractivity contribution in [2.24, 2.45) is 0 Å². The summed E-state index contributed by atoms with van der Waals surface area (Å²) in [5, 5.41) is 3.40. The van der Waals surface area contributed by atoms with Gasteiger partial charge in [-0.2, -0.15) is 0 Å². The van der Waals surface area contributed by atoms with E-state index in [1.807, 2.05) is 24.3 Å². The number of carbonyl (C=O) groups is 1. The third-order valence-corrected chi connectivity index (χ3v) is 4.17. The molecule has 2 aromatic rings. The molecule has 24 heavy (non-hydrogen) atoms. The van der Waals surface area contributed by atoms with Crippen LogP contribution in [0.25, 0.3) is 0 Å². The Hall–Kier alpha value is -2.11. The standard InChI is InChI=1S/C17H15Cl2NO4/c18-12-4-3-7-15(17(12)19)23-10-16(21)20-8-11-9-22-13-5-1-2-6-14(13)24-11/h1-7,11H,8-10H2,(H,20,21)/t11-/m0/s1. The van der Waals surface area contributed by atoms with Crippen LogP contribution in [0.1, 0.15) is 0 Å². The Bertz CT molecular complexity index is 738. The van der Waals surface area contributed by atoms with Crippen LogP contribution in [-0.4, -0.2) is 31.8 Å². The molecule has 5 nitrogen and oxygen atoms in total. The molecule has 0 saturated heterocycles. The minimum Gasteiger partial charge on any atom is -0.486 e. The number of benzene rings is 2. The maximum atomic E-state index is 11.9. The number of carbonyl (C=O) groups excluding carboxylic acids is 1. The Balaban J connectivity index is 1.46. The number of hydrogen-bond acceptors (Lipinski definition) is 4. The van der Waals surface area contributed by atoms with Crippen molar-refractivity contribution in [3.8, 4) is 17.2 Å². The van der Waals surface area contributed by atoms with Gasteiger partial charge in [0.25, 0.3) is 5.91 Å². The fourth-order valence-electron chi connectivity index (χ4n) is 2.18. The van der Waals surface area contributed by atoms with Crippen LogP contribution in [0.2, 0.25) is 10.0 Å². The highest BCUT2D eigenvalue weighted by Crippen LogP contribution is 2.32. The van der Waals surface area contributed by atoms with Crippen molar-refractivity contribution in [3.05, 3.63) is 52.5 Å². The first-order chi connectivity index (χ1) is 11.6. The molecule has 126 valence electrons. The van der Waals surface area contributed by atoms with Gasteiger partial charge in [0.05, 0.1) is 11.6 Å². The van der Waals surface area contributed by atoms with Crippen molar-refractivity contribution in [2.45, 2.75) is 6.10 Å². The summed E-state index contributed by atoms with van der Waals surface area (Å²) in [6.07, 6.45) is -0.251. The predicted molar refractivity (Wildman–Crippen MR) is 91.3 cm³/mol. The van der Waals surface area contributed by atoms with Crippen molar-refractivity contribution in [1.29, 1.82) is 0 Å². The zero-order valence-corrected chi connectivity index (χ0v) is 14.1. The number of para-hydroxylation sites is 2. The molecule has 1 amide bonds. The number of ether oxygens (including phenoxy) is 3. The summed E-state index contributed by atoms with van der Waals surface area (Å²) in [5.41, 5.74) is 0. The molecule has 7 heteroatoms. The molecule has 0 spiro atoms. The van der Waals surface area contributed by atoms with Gasteiger partial charge in [0, 0.05) is 0 Å². The molecule has 0 aliphatic carbocycles. The average Bonchev–Trinajstić information content (AvgIpc) is 2.61. The van der Waals surface area contributed by atoms with E-state index in [1.165, 1.54) is 0 Å². The van der Waals surface area contributed by atoms with Crippen LogP contribution in [0, 0.1) is 0 Å². The Kier molecular flexibility index (Phi) is 5.33. The predicted octanol–water partition coefficient (Wildman–Crippen LogP) is 3.33. The largest absolute Gasteiger partial charge is 0.486 e. The van der Waals surface area contributed by atoms with Crippen LogP contribution in [0.15, 0.2) is 42.5 Å². The highest BCUT2D eigenvalue weighted by atomic mass is 35.5. The highest BCUT2D eigenvalue weighted by Gasteiger charge is 2.21. The maximum Gasteiger partial charge on any atom is 0.258 e. The lowest BCUT2D eigenvalue weighted by atomic mass is 10.2. The first kappa shape index (κ1) is 16.7. The second kappa shape index (κ2) is 7.64. The molecule has 1 aliphatic rings. The van der Waals surface area contributed by atoms with Gasteiger partial charge in [-0.15, -0.1) is 0 Å². The third kappa shape index (κ3) is 4.04. The summed E-state index contributed by atoms with van der Waals surface area (Å²) in [6, 6.07) is 12.4. The van der Waals surface area contributed by atoms with Crippen molar-refractivity contribution in [3.63, 3.8) is 0 Å². The van der Waals surface area contributed by atoms with Gasteiger partial charge in [-0.05, 0) is 24.3 Å². The molecular formula is C17H15Cl2NO4. The summed E-state index contributed by atoms with van der Waals surface area (Å²) >= 11 is 11.9. The van der Waals surface area contributed by atoms with Gasteiger partial charge >= 0.3 is 0 Å². The van der Waals surface area contributed by atoms with Gasteiger partial charge in [-0.1, -0.05) is 41.4 Å². The summed E-state index contributed by atoms with van der Waals surface area (Å²) in [4.78, 5) is 11.9. The van der Waals surface area contributed by atoms with E-state index in [1.54, 1.807) is 18.2 Å². The van der Waals surface area contributed by atoms with Crippen LogP contribution in [0.5, 0.6) is 17.2 Å². The molecule has 0 radical (unpaired) electrons. The van der Waals surface area contributed by atoms with Gasteiger partial charge < -0.3 is 19.5 Å². The van der Waals surface area contributed by atoms with E-state index in [-0.39, 0.29) is 23.6 Å². The lowest BCUT2D eigenvalue weighted by Gasteiger charge is -2.26. The summed E-state index contributed by atoms with van der Waals surface area (Å²) in [7, 11) is 0. The zero-order chi connectivity index (χ0) is 16.9. The van der Waals surface area contributed by atoms with E-state index in [9.17, 15) is 4.79 Å². The molecule has 3 rings (SSSR count). The Morgan fingerprint density at radius 1 is 1.17 bits per heavy atom. The van der Waals surface area contributed by atoms with Crippen molar-refractivity contribution < 1.29 is 19.0 Å². The first-order valence-corrected chi connectivity index (χ1v) is 8.11. The molecule has 0 bridgehead atoms. The number of nitrogens with one attached hydrogen (secondary N) is 1. The second-order valence-electron chi connectivity index (χ2n) is 5.14. The van der Waals surface area contributed by atoms with Crippen molar-refractivity contribution >= 4 is 29.1 Å². The minimum absolute atomic E-state index is 0.162. The lowest BCUT2D eigenvalue weighted by molar-refractivity contribution is -0.123. The topological polar surface area (TPSA) is 56.8 Å². The Labute approximate surface area is 149 Å². The second-order valence-corrected chi connectivity index (χ2v) is 5.93. The van der Waals surface area contributed by atoms with E-state index in [0.717, 1.165) is 0 Å². The number of hydrogen-bond donors (Lipinski definition) is 1. The van der Waals surface area contributed by atoms with Crippen LogP contribution >= 0.6 is 23.2 Å². The summed E-state index contributed by atoms with van der Waals surface area (Å²) in [6.45, 7) is 0.530. The van der Waals surface area contributed by atoms with E-state index in [4.69, 9.17) is 37.4 Å². The number of rotatable bonds is 5. The molecule has 1 heterocycles. The first-order valence-electron chi connectivity index (χ1n) is 7.35. The van der Waals surface area contributed by atoms with Gasteiger partial charge in [-0.25, -0.2) is 0 Å². The van der Waals surface area contributed by atoms with E-state index >= 15 is 0 Å². The Morgan fingerprint density at radius 3 is 2.79 bits per heavy atom. The van der Waals surface area contributed by atoms with Crippen LogP contribution in [-0.2, 0) is 4.79 Å². The quantitative estimate of drug-likeness (QED) is 0.880. The van der Waals surface area contributed by atoms with Gasteiger partial charge in [0.2, 0.25) is 0 Å². The fourth-order valence-corrected chi connectivity index (χ4v) is 2.53. The summed E-state index contributed by atoms with van der Waals surface area (Å²) < 4.78 is 16.7. The highest BCUT2D eigenvalue weighted by molar-refractivity contribution is 6.42. The van der Waals surface area contributed by atoms with E-state index < -0.39 is 0 Å². The molecular weight excluding hydrogens is 353 g/mol. The smallest absolute Gasteiger partial charge is 0.258 e. The van der Waals surface area contributed by atoms with Crippen LogP contribution in [0.4, 0.5) is 0 Å². The van der Waals surface area contributed by atoms with Crippen LogP contribution < -0.4 is 19.5 Å². The molecule has 2 aromatic carbocycles. The maximum absolute atomic E-state index is 11.9. The number of amides is 1. The lowest BCUT2D eigenvalue weighted by Crippen LogP contribution is -2.42. The van der Waals surface area contributed by atoms with E-state index in [2.05, 4.69) is 5.32 Å². The molecule has 1 N–H and O–H groups in total. The molecule has 0 aromatic heterocycles. The van der Waals surface area contributed by atoms with E-state index in [0.29, 0.717) is 35.4 Å². The molecule has 0 saturated carbocycles. The van der Waals surface area contributed by atoms with Gasteiger partial charge in [-0.3, -0.25) is 4.79 Å². The molecule has 1 atom stereocenters. The van der Waals surface area contributed by atoms with Crippen LogP contribution in [0.3, 0.4) is 0 Å². The third-order valence-electron chi connectivity index (χ3n) is 3.37. The monoisotopic (exact) mass is 367 g/mol. The van der Waals surface area contributed by atoms with Gasteiger partial charge in [0.15, 0.2) is 18.1 Å². The number of halogens is 2. The number of fused-ring (bicyclic) bond motifs is 1. The minimum atomic E-state index is -0.284. The molecule has 1 aliphatic heterocycles. The normalized spacial score (nSPS) is 15.7.